The van der Waals surface area contributed by atoms with Crippen LogP contribution in [0.4, 0.5) is 30.7 Å². The Balaban J connectivity index is 2.17. The highest BCUT2D eigenvalue weighted by Gasteiger charge is 2.56. The molecule has 0 aromatic heterocycles. The normalized spacial score (nSPS) is 23.5. The van der Waals surface area contributed by atoms with Gasteiger partial charge in [0.2, 0.25) is 0 Å². The molecule has 2 unspecified atom stereocenters. The van der Waals surface area contributed by atoms with Crippen LogP contribution in [0.5, 0.6) is 5.75 Å². The maximum absolute atomic E-state index is 13.5. The van der Waals surface area contributed by atoms with Crippen molar-refractivity contribution >= 4 is 11.6 Å². The second-order valence-corrected chi connectivity index (χ2v) is 6.92. The van der Waals surface area contributed by atoms with Crippen LogP contribution in [0.2, 0.25) is 0 Å². The average Bonchev–Trinajstić information content (AvgIpc) is 2.86. The summed E-state index contributed by atoms with van der Waals surface area (Å²) in [5.74, 6) is -2.46. The molecule has 1 aliphatic carbocycles. The van der Waals surface area contributed by atoms with Gasteiger partial charge in [-0.3, -0.25) is 0 Å². The maximum Gasteiger partial charge on any atom is 0.573 e. The van der Waals surface area contributed by atoms with E-state index in [2.05, 4.69) is 4.74 Å². The molecule has 1 nitrogen and oxygen atoms in total. The van der Waals surface area contributed by atoms with Crippen LogP contribution < -0.4 is 4.74 Å². The number of benzene rings is 1. The van der Waals surface area contributed by atoms with Crippen LogP contribution >= 0.6 is 11.6 Å². The Kier molecular flexibility index (Phi) is 5.07. The fourth-order valence-electron chi connectivity index (χ4n) is 2.94. The van der Waals surface area contributed by atoms with Gasteiger partial charge in [-0.05, 0) is 41.4 Å². The highest BCUT2D eigenvalue weighted by molar-refractivity contribution is 6.30. The minimum absolute atomic E-state index is 0.0994. The van der Waals surface area contributed by atoms with Gasteiger partial charge >= 0.3 is 12.5 Å². The van der Waals surface area contributed by atoms with E-state index in [0.717, 1.165) is 18.2 Å². The van der Waals surface area contributed by atoms with Crippen molar-refractivity contribution in [3.05, 3.63) is 40.7 Å². The number of alkyl halides is 6. The SMILES string of the molecule is CC1(C)C(C=C(Cl)C(F)(F)F)C1Cc1cc(F)cc(OC(F)(F)F)c1. The van der Waals surface area contributed by atoms with E-state index in [1.165, 1.54) is 0 Å². The smallest absolute Gasteiger partial charge is 0.406 e. The highest BCUT2D eigenvalue weighted by atomic mass is 35.5. The summed E-state index contributed by atoms with van der Waals surface area (Å²) < 4.78 is 91.5. The van der Waals surface area contributed by atoms with Crippen molar-refractivity contribution in [2.75, 3.05) is 0 Å². The maximum atomic E-state index is 13.5. The predicted molar refractivity (Wildman–Crippen MR) is 77.5 cm³/mol. The molecular weight excluding hydrogens is 377 g/mol. The van der Waals surface area contributed by atoms with Gasteiger partial charge in [-0.2, -0.15) is 13.2 Å². The van der Waals surface area contributed by atoms with E-state index in [4.69, 9.17) is 11.6 Å². The van der Waals surface area contributed by atoms with Crippen LogP contribution in [0.25, 0.3) is 0 Å². The van der Waals surface area contributed by atoms with Gasteiger partial charge in [-0.25, -0.2) is 4.39 Å². The summed E-state index contributed by atoms with van der Waals surface area (Å²) in [7, 11) is 0. The van der Waals surface area contributed by atoms with Crippen molar-refractivity contribution < 1.29 is 35.5 Å². The molecule has 0 spiro atoms. The quantitative estimate of drug-likeness (QED) is 0.554. The Bertz CT molecular complexity index is 676. The van der Waals surface area contributed by atoms with Gasteiger partial charge in [-0.1, -0.05) is 31.5 Å². The fraction of sp³-hybridized carbons (Fsp3) is 0.500. The second-order valence-electron chi connectivity index (χ2n) is 6.51. The molecule has 0 N–H and O–H groups in total. The number of allylic oxidation sites excluding steroid dienone is 2. The van der Waals surface area contributed by atoms with E-state index in [1.807, 2.05) is 0 Å². The van der Waals surface area contributed by atoms with E-state index in [-0.39, 0.29) is 17.9 Å². The second kappa shape index (κ2) is 6.37. The number of hydrogen-bond donors (Lipinski definition) is 0. The molecule has 25 heavy (non-hydrogen) atoms. The third-order valence-corrected chi connectivity index (χ3v) is 4.70. The lowest BCUT2D eigenvalue weighted by Crippen LogP contribution is -2.17. The highest BCUT2D eigenvalue weighted by Crippen LogP contribution is 2.61. The summed E-state index contributed by atoms with van der Waals surface area (Å²) in [5.41, 5.74) is -0.334. The predicted octanol–water partition coefficient (Wildman–Crippen LogP) is 6.22. The molecule has 0 amide bonds. The number of hydrogen-bond acceptors (Lipinski definition) is 1. The van der Waals surface area contributed by atoms with Crippen molar-refractivity contribution in [1.29, 1.82) is 0 Å². The van der Waals surface area contributed by atoms with Gasteiger partial charge in [-0.15, -0.1) is 13.2 Å². The molecule has 140 valence electrons. The molecule has 0 radical (unpaired) electrons. The largest absolute Gasteiger partial charge is 0.573 e. The molecular formula is C16H14ClF7O. The lowest BCUT2D eigenvalue weighted by atomic mass is 10.0. The Labute approximate surface area is 144 Å². The topological polar surface area (TPSA) is 9.23 Å². The molecule has 1 aliphatic rings. The minimum Gasteiger partial charge on any atom is -0.406 e. The van der Waals surface area contributed by atoms with Crippen molar-refractivity contribution in [2.45, 2.75) is 32.8 Å². The summed E-state index contributed by atoms with van der Waals surface area (Å²) in [6.45, 7) is 3.43. The van der Waals surface area contributed by atoms with Gasteiger partial charge < -0.3 is 4.74 Å². The van der Waals surface area contributed by atoms with E-state index >= 15 is 0 Å². The van der Waals surface area contributed by atoms with Gasteiger partial charge in [0.15, 0.2) is 0 Å². The summed E-state index contributed by atoms with van der Waals surface area (Å²) in [6.07, 6.45) is -8.62. The Hall–Kier alpha value is -1.44. The standard InChI is InChI=1S/C16H14ClF7O/c1-14(2)11(12(14)7-13(17)15(19,20)21)5-8-3-9(18)6-10(4-8)25-16(22,23)24/h3-4,6-7,11-12H,5H2,1-2H3. The number of halogens is 8. The molecule has 1 fully saturated rings. The van der Waals surface area contributed by atoms with E-state index in [9.17, 15) is 30.7 Å². The molecule has 9 heteroatoms. The Morgan fingerprint density at radius 1 is 1.16 bits per heavy atom. The first-order valence-corrected chi connectivity index (χ1v) is 7.57. The molecule has 0 heterocycles. The molecule has 0 saturated heterocycles. The van der Waals surface area contributed by atoms with Crippen LogP contribution in [0.1, 0.15) is 19.4 Å². The van der Waals surface area contributed by atoms with Crippen molar-refractivity contribution in [1.82, 2.24) is 0 Å². The number of rotatable bonds is 4. The van der Waals surface area contributed by atoms with Crippen molar-refractivity contribution in [3.8, 4) is 5.75 Å². The van der Waals surface area contributed by atoms with E-state index in [1.54, 1.807) is 13.8 Å². The van der Waals surface area contributed by atoms with Crippen LogP contribution in [-0.4, -0.2) is 12.5 Å². The summed E-state index contributed by atoms with van der Waals surface area (Å²) in [6, 6.07) is 2.65. The third-order valence-electron chi connectivity index (χ3n) is 4.36. The van der Waals surface area contributed by atoms with Gasteiger partial charge in [0.1, 0.15) is 16.6 Å². The Morgan fingerprint density at radius 3 is 2.28 bits per heavy atom. The van der Waals surface area contributed by atoms with Crippen molar-refractivity contribution in [3.63, 3.8) is 0 Å². The first kappa shape index (κ1) is 19.9. The van der Waals surface area contributed by atoms with Gasteiger partial charge in [0, 0.05) is 6.07 Å². The zero-order valence-corrected chi connectivity index (χ0v) is 13.9. The van der Waals surface area contributed by atoms with Crippen LogP contribution in [0.3, 0.4) is 0 Å². The minimum atomic E-state index is -4.96. The molecule has 2 atom stereocenters. The van der Waals surface area contributed by atoms with E-state index in [0.29, 0.717) is 6.07 Å². The first-order valence-electron chi connectivity index (χ1n) is 7.20. The molecule has 0 bridgehead atoms. The summed E-state index contributed by atoms with van der Waals surface area (Å²) in [5, 5.41) is -1.24. The lowest BCUT2D eigenvalue weighted by molar-refractivity contribution is -0.274. The summed E-state index contributed by atoms with van der Waals surface area (Å²) >= 11 is 5.24. The number of ether oxygens (including phenoxy) is 1. The zero-order chi connectivity index (χ0) is 19.2. The molecule has 1 aromatic carbocycles. The molecule has 1 aromatic rings. The van der Waals surface area contributed by atoms with Crippen LogP contribution in [0.15, 0.2) is 29.3 Å². The lowest BCUT2D eigenvalue weighted by Gasteiger charge is -2.11. The average molecular weight is 391 g/mol. The first-order chi connectivity index (χ1) is 11.2. The van der Waals surface area contributed by atoms with E-state index < -0.39 is 40.5 Å². The van der Waals surface area contributed by atoms with Gasteiger partial charge in [0.05, 0.1) is 0 Å². The van der Waals surface area contributed by atoms with Gasteiger partial charge in [0.25, 0.3) is 0 Å². The monoisotopic (exact) mass is 390 g/mol. The van der Waals surface area contributed by atoms with Crippen LogP contribution in [0, 0.1) is 23.1 Å². The Morgan fingerprint density at radius 2 is 1.76 bits per heavy atom. The van der Waals surface area contributed by atoms with Crippen LogP contribution in [-0.2, 0) is 6.42 Å². The molecule has 2 rings (SSSR count). The molecule has 1 saturated carbocycles. The zero-order valence-electron chi connectivity index (χ0n) is 13.1. The fourth-order valence-corrected chi connectivity index (χ4v) is 3.08. The van der Waals surface area contributed by atoms with Crippen molar-refractivity contribution in [2.24, 2.45) is 17.3 Å². The third kappa shape index (κ3) is 5.03. The molecule has 0 aliphatic heterocycles. The summed E-state index contributed by atoms with van der Waals surface area (Å²) in [4.78, 5) is 0.